The largest absolute Gasteiger partial charge is 0.488 e. The van der Waals surface area contributed by atoms with Gasteiger partial charge in [0, 0.05) is 26.0 Å². The van der Waals surface area contributed by atoms with E-state index in [2.05, 4.69) is 15.9 Å². The Labute approximate surface area is 162 Å². The summed E-state index contributed by atoms with van der Waals surface area (Å²) in [5.41, 5.74) is 2.44. The summed E-state index contributed by atoms with van der Waals surface area (Å²) in [4.78, 5) is 26.0. The minimum atomic E-state index is -0.493. The normalized spacial score (nSPS) is 11.9. The van der Waals surface area contributed by atoms with E-state index in [0.717, 1.165) is 26.2 Å². The Balaban J connectivity index is 1.47. The van der Waals surface area contributed by atoms with E-state index < -0.39 is 5.97 Å². The lowest BCUT2D eigenvalue weighted by molar-refractivity contribution is 0.0479. The maximum atomic E-state index is 12.4. The highest BCUT2D eigenvalue weighted by Crippen LogP contribution is 2.42. The molecule has 2 aromatic carbocycles. The van der Waals surface area contributed by atoms with Gasteiger partial charge >= 0.3 is 5.97 Å². The maximum absolute atomic E-state index is 12.4. The molecule has 4 rings (SSSR count). The summed E-state index contributed by atoms with van der Waals surface area (Å²) in [6.45, 7) is 0.143. The van der Waals surface area contributed by atoms with Gasteiger partial charge in [0.05, 0.1) is 0 Å². The molecule has 0 radical (unpaired) electrons. The molecule has 0 saturated heterocycles. The van der Waals surface area contributed by atoms with Crippen molar-refractivity contribution in [3.63, 3.8) is 0 Å². The zero-order valence-electron chi connectivity index (χ0n) is 13.5. The van der Waals surface area contributed by atoms with E-state index >= 15 is 0 Å². The number of thiophene rings is 1. The van der Waals surface area contributed by atoms with E-state index in [1.807, 2.05) is 24.3 Å². The van der Waals surface area contributed by atoms with Crippen LogP contribution in [0.2, 0.25) is 0 Å². The Morgan fingerprint density at radius 1 is 1.12 bits per heavy atom. The summed E-state index contributed by atoms with van der Waals surface area (Å²) in [6, 6.07) is 16.5. The van der Waals surface area contributed by atoms with Gasteiger partial charge in [-0.2, -0.15) is 0 Å². The van der Waals surface area contributed by atoms with Crippen molar-refractivity contribution in [2.45, 2.75) is 6.61 Å². The Morgan fingerprint density at radius 3 is 2.69 bits per heavy atom. The topological polar surface area (TPSA) is 52.6 Å². The van der Waals surface area contributed by atoms with Crippen LogP contribution in [-0.2, 0) is 11.3 Å². The first-order valence-electron chi connectivity index (χ1n) is 7.92. The fourth-order valence-electron chi connectivity index (χ4n) is 2.72. The highest BCUT2D eigenvalue weighted by Gasteiger charge is 2.23. The molecule has 2 heterocycles. The van der Waals surface area contributed by atoms with E-state index in [4.69, 9.17) is 9.47 Å². The minimum Gasteiger partial charge on any atom is -0.488 e. The van der Waals surface area contributed by atoms with Crippen LogP contribution in [0.15, 0.2) is 59.1 Å². The summed E-state index contributed by atoms with van der Waals surface area (Å²) in [5, 5.41) is 0. The van der Waals surface area contributed by atoms with Crippen LogP contribution >= 0.6 is 27.3 Å². The van der Waals surface area contributed by atoms with E-state index in [0.29, 0.717) is 17.0 Å². The summed E-state index contributed by atoms with van der Waals surface area (Å²) in [7, 11) is 0. The number of ketones is 1. The molecule has 6 heteroatoms. The lowest BCUT2D eigenvalue weighted by Gasteiger charge is -2.16. The molecule has 1 aromatic heterocycles. The van der Waals surface area contributed by atoms with Gasteiger partial charge < -0.3 is 9.47 Å². The first-order chi connectivity index (χ1) is 12.6. The number of hydrogen-bond donors (Lipinski definition) is 0. The summed E-state index contributed by atoms with van der Waals surface area (Å²) in [5.74, 6) is 0.0837. The monoisotopic (exact) mass is 428 g/mol. The predicted molar refractivity (Wildman–Crippen MR) is 103 cm³/mol. The number of para-hydroxylation sites is 1. The SMILES string of the molecule is O=C(COC(=O)c1cc2c(s1)-c1ccccc1OC2)c1ccc(Br)cc1. The van der Waals surface area contributed by atoms with Crippen molar-refractivity contribution in [2.75, 3.05) is 6.61 Å². The number of Topliss-reactive ketones (excluding diaryl/α,β-unsaturated/α-hetero) is 1. The Morgan fingerprint density at radius 2 is 1.88 bits per heavy atom. The first kappa shape index (κ1) is 17.0. The van der Waals surface area contributed by atoms with Gasteiger partial charge in [-0.05, 0) is 30.3 Å². The van der Waals surface area contributed by atoms with E-state index in [1.54, 1.807) is 30.3 Å². The molecule has 0 fully saturated rings. The molecule has 0 aliphatic carbocycles. The van der Waals surface area contributed by atoms with Crippen molar-refractivity contribution in [3.05, 3.63) is 75.1 Å². The number of halogens is 1. The number of esters is 1. The fraction of sp³-hybridized carbons (Fsp3) is 0.100. The van der Waals surface area contributed by atoms with Crippen LogP contribution in [0.1, 0.15) is 25.6 Å². The zero-order chi connectivity index (χ0) is 18.1. The number of rotatable bonds is 4. The predicted octanol–water partition coefficient (Wildman–Crippen LogP) is 5.11. The second-order valence-electron chi connectivity index (χ2n) is 5.76. The van der Waals surface area contributed by atoms with Crippen LogP contribution in [0.3, 0.4) is 0 Å². The van der Waals surface area contributed by atoms with E-state index in [9.17, 15) is 9.59 Å². The molecule has 26 heavy (non-hydrogen) atoms. The van der Waals surface area contributed by atoms with Crippen LogP contribution in [0.5, 0.6) is 5.75 Å². The van der Waals surface area contributed by atoms with Crippen molar-refractivity contribution < 1.29 is 19.1 Å². The third-order valence-corrected chi connectivity index (χ3v) is 5.74. The Kier molecular flexibility index (Phi) is 4.61. The van der Waals surface area contributed by atoms with Crippen molar-refractivity contribution in [1.82, 2.24) is 0 Å². The Bertz CT molecular complexity index is 991. The molecule has 4 nitrogen and oxygen atoms in total. The maximum Gasteiger partial charge on any atom is 0.348 e. The van der Waals surface area contributed by atoms with Gasteiger partial charge in [-0.25, -0.2) is 4.79 Å². The van der Waals surface area contributed by atoms with Crippen LogP contribution in [0.4, 0.5) is 0 Å². The van der Waals surface area contributed by atoms with Crippen LogP contribution in [0, 0.1) is 0 Å². The van der Waals surface area contributed by atoms with Crippen molar-refractivity contribution in [2.24, 2.45) is 0 Å². The van der Waals surface area contributed by atoms with E-state index in [-0.39, 0.29) is 12.4 Å². The van der Waals surface area contributed by atoms with E-state index in [1.165, 1.54) is 11.3 Å². The zero-order valence-corrected chi connectivity index (χ0v) is 15.9. The summed E-state index contributed by atoms with van der Waals surface area (Å²) in [6.07, 6.45) is 0. The molecule has 0 unspecified atom stereocenters. The number of carbonyl (C=O) groups is 2. The molecular formula is C20H13BrO4S. The van der Waals surface area contributed by atoms with Crippen molar-refractivity contribution in [3.8, 4) is 16.2 Å². The molecule has 1 aliphatic rings. The summed E-state index contributed by atoms with van der Waals surface area (Å²) < 4.78 is 11.8. The first-order valence-corrected chi connectivity index (χ1v) is 9.53. The van der Waals surface area contributed by atoms with Gasteiger partial charge in [-0.15, -0.1) is 11.3 Å². The van der Waals surface area contributed by atoms with Crippen molar-refractivity contribution in [1.29, 1.82) is 0 Å². The smallest absolute Gasteiger partial charge is 0.348 e. The number of fused-ring (bicyclic) bond motifs is 3. The van der Waals surface area contributed by atoms with Gasteiger partial charge in [-0.1, -0.05) is 40.2 Å². The second-order valence-corrected chi connectivity index (χ2v) is 7.72. The second kappa shape index (κ2) is 7.05. The molecule has 0 N–H and O–H groups in total. The Hall–Kier alpha value is -2.44. The number of carbonyl (C=O) groups excluding carboxylic acids is 2. The van der Waals surface area contributed by atoms with Crippen LogP contribution < -0.4 is 4.74 Å². The number of ether oxygens (including phenoxy) is 2. The third kappa shape index (κ3) is 3.30. The molecule has 0 spiro atoms. The van der Waals surface area contributed by atoms with Crippen molar-refractivity contribution >= 4 is 39.0 Å². The van der Waals surface area contributed by atoms with Gasteiger partial charge in [0.15, 0.2) is 12.4 Å². The fourth-order valence-corrected chi connectivity index (χ4v) is 4.08. The highest BCUT2D eigenvalue weighted by molar-refractivity contribution is 9.10. The lowest BCUT2D eigenvalue weighted by Crippen LogP contribution is -2.13. The third-order valence-electron chi connectivity index (χ3n) is 4.03. The molecule has 0 atom stereocenters. The molecule has 0 amide bonds. The average molecular weight is 429 g/mol. The van der Waals surface area contributed by atoms with Gasteiger partial charge in [0.25, 0.3) is 0 Å². The van der Waals surface area contributed by atoms with Gasteiger partial charge in [0.1, 0.15) is 17.2 Å². The molecule has 1 aliphatic heterocycles. The summed E-state index contributed by atoms with van der Waals surface area (Å²) >= 11 is 4.68. The number of benzene rings is 2. The molecule has 130 valence electrons. The number of hydrogen-bond acceptors (Lipinski definition) is 5. The molecule has 0 bridgehead atoms. The van der Waals surface area contributed by atoms with Crippen LogP contribution in [0.25, 0.3) is 10.4 Å². The molecule has 0 saturated carbocycles. The van der Waals surface area contributed by atoms with Gasteiger partial charge in [-0.3, -0.25) is 4.79 Å². The molecular weight excluding hydrogens is 416 g/mol. The quantitative estimate of drug-likeness (QED) is 0.427. The minimum absolute atomic E-state index is 0.235. The average Bonchev–Trinajstić information content (AvgIpc) is 3.11. The molecule has 3 aromatic rings. The van der Waals surface area contributed by atoms with Crippen LogP contribution in [-0.4, -0.2) is 18.4 Å². The standard InChI is InChI=1S/C20H13BrO4S/c21-14-7-5-12(6-8-14)16(22)11-25-20(23)18-9-13-10-24-17-4-2-1-3-15(17)19(13)26-18/h1-9H,10-11H2. The lowest BCUT2D eigenvalue weighted by atomic mass is 10.1. The van der Waals surface area contributed by atoms with Gasteiger partial charge in [0.2, 0.25) is 0 Å². The highest BCUT2D eigenvalue weighted by atomic mass is 79.9.